The van der Waals surface area contributed by atoms with Crippen molar-refractivity contribution < 1.29 is 4.79 Å². The molecule has 1 aromatic heterocycles. The van der Waals surface area contributed by atoms with Crippen LogP contribution in [0.4, 0.5) is 0 Å². The summed E-state index contributed by atoms with van der Waals surface area (Å²) in [4.78, 5) is 12.2. The van der Waals surface area contributed by atoms with Gasteiger partial charge in [0, 0.05) is 27.5 Å². The van der Waals surface area contributed by atoms with Crippen LogP contribution >= 0.6 is 27.3 Å². The summed E-state index contributed by atoms with van der Waals surface area (Å²) in [6, 6.07) is 2.04. The number of rotatable bonds is 3. The van der Waals surface area contributed by atoms with Crippen molar-refractivity contribution in [3.63, 3.8) is 0 Å². The van der Waals surface area contributed by atoms with Gasteiger partial charge in [0.1, 0.15) is 0 Å². The minimum Gasteiger partial charge on any atom is -0.383 e. The van der Waals surface area contributed by atoms with E-state index in [1.807, 2.05) is 6.07 Å². The van der Waals surface area contributed by atoms with Gasteiger partial charge in [-0.3, -0.25) is 4.79 Å². The third kappa shape index (κ3) is 2.25. The van der Waals surface area contributed by atoms with Gasteiger partial charge in [-0.2, -0.15) is 0 Å². The molecule has 2 rings (SSSR count). The number of hydrogen-bond donors (Lipinski definition) is 1. The standard InChI is InChI=1S/C10H10BrNOS/c11-9-3-4-14-10(9)6-12-7-1-2-8(13)5-7/h3-5,12H,1-2,6H2. The topological polar surface area (TPSA) is 29.1 Å². The zero-order valence-electron chi connectivity index (χ0n) is 7.55. The molecule has 0 atom stereocenters. The fraction of sp³-hybridized carbons (Fsp3) is 0.300. The predicted molar refractivity (Wildman–Crippen MR) is 61.2 cm³/mol. The van der Waals surface area contributed by atoms with E-state index in [0.717, 1.165) is 23.1 Å². The van der Waals surface area contributed by atoms with Gasteiger partial charge in [-0.05, 0) is 33.8 Å². The summed E-state index contributed by atoms with van der Waals surface area (Å²) in [5, 5.41) is 5.33. The first-order chi connectivity index (χ1) is 6.75. The van der Waals surface area contributed by atoms with E-state index in [9.17, 15) is 4.79 Å². The van der Waals surface area contributed by atoms with Crippen molar-refractivity contribution in [1.82, 2.24) is 5.32 Å². The number of carbonyl (C=O) groups is 1. The number of ketones is 1. The minimum atomic E-state index is 0.234. The molecule has 1 aliphatic rings. The molecule has 0 amide bonds. The molecular formula is C10H10BrNOS. The van der Waals surface area contributed by atoms with Gasteiger partial charge in [-0.1, -0.05) is 0 Å². The molecule has 1 heterocycles. The Kier molecular flexibility index (Phi) is 3.03. The van der Waals surface area contributed by atoms with Crippen LogP contribution in [0.15, 0.2) is 27.7 Å². The van der Waals surface area contributed by atoms with Crippen LogP contribution in [0, 0.1) is 0 Å². The molecule has 0 bridgehead atoms. The Balaban J connectivity index is 1.92. The fourth-order valence-corrected chi connectivity index (χ4v) is 2.81. The molecule has 1 aromatic rings. The second-order valence-corrected chi connectivity index (χ2v) is 5.04. The Bertz CT molecular complexity index is 383. The number of thiophene rings is 1. The highest BCUT2D eigenvalue weighted by Gasteiger charge is 2.11. The van der Waals surface area contributed by atoms with Crippen LogP contribution in [0.2, 0.25) is 0 Å². The molecule has 2 nitrogen and oxygen atoms in total. The molecule has 0 aromatic carbocycles. The molecule has 1 aliphatic carbocycles. The lowest BCUT2D eigenvalue weighted by molar-refractivity contribution is -0.114. The SMILES string of the molecule is O=C1C=C(NCc2sccc2Br)CC1. The lowest BCUT2D eigenvalue weighted by Gasteiger charge is -2.04. The Morgan fingerprint density at radius 1 is 1.50 bits per heavy atom. The van der Waals surface area contributed by atoms with Crippen LogP contribution in [-0.4, -0.2) is 5.78 Å². The second-order valence-electron chi connectivity index (χ2n) is 3.18. The average molecular weight is 272 g/mol. The number of nitrogens with one attached hydrogen (secondary N) is 1. The molecule has 14 heavy (non-hydrogen) atoms. The lowest BCUT2D eigenvalue weighted by Crippen LogP contribution is -2.10. The normalized spacial score (nSPS) is 15.8. The predicted octanol–water partition coefficient (Wildman–Crippen LogP) is 2.85. The van der Waals surface area contributed by atoms with Gasteiger partial charge in [0.25, 0.3) is 0 Å². The van der Waals surface area contributed by atoms with Crippen LogP contribution in [0.1, 0.15) is 17.7 Å². The average Bonchev–Trinajstić information content (AvgIpc) is 2.72. The Morgan fingerprint density at radius 2 is 2.36 bits per heavy atom. The second kappa shape index (κ2) is 4.28. The van der Waals surface area contributed by atoms with Crippen LogP contribution in [0.5, 0.6) is 0 Å². The first-order valence-electron chi connectivity index (χ1n) is 4.45. The maximum Gasteiger partial charge on any atom is 0.157 e. The number of carbonyl (C=O) groups excluding carboxylic acids is 1. The Hall–Kier alpha value is -0.610. The summed E-state index contributed by atoms with van der Waals surface area (Å²) in [5.41, 5.74) is 1.07. The molecule has 1 N–H and O–H groups in total. The van der Waals surface area contributed by atoms with Gasteiger partial charge >= 0.3 is 0 Å². The number of hydrogen-bond acceptors (Lipinski definition) is 3. The lowest BCUT2D eigenvalue weighted by atomic mass is 10.3. The van der Waals surface area contributed by atoms with Crippen LogP contribution in [0.3, 0.4) is 0 Å². The van der Waals surface area contributed by atoms with E-state index in [-0.39, 0.29) is 5.78 Å². The Labute approximate surface area is 95.1 Å². The fourth-order valence-electron chi connectivity index (χ4n) is 1.38. The van der Waals surface area contributed by atoms with Gasteiger partial charge in [-0.15, -0.1) is 11.3 Å². The summed E-state index contributed by atoms with van der Waals surface area (Å²) in [6.07, 6.45) is 3.23. The minimum absolute atomic E-state index is 0.234. The number of allylic oxidation sites excluding steroid dienone is 2. The first kappa shape index (κ1) is 9.93. The van der Waals surface area contributed by atoms with Crippen LogP contribution in [0.25, 0.3) is 0 Å². The molecule has 0 aliphatic heterocycles. The van der Waals surface area contributed by atoms with Crippen molar-refractivity contribution in [3.05, 3.63) is 32.6 Å². The summed E-state index contributed by atoms with van der Waals surface area (Å²) in [7, 11) is 0. The van der Waals surface area contributed by atoms with Crippen molar-refractivity contribution in [1.29, 1.82) is 0 Å². The molecule has 0 fully saturated rings. The van der Waals surface area contributed by atoms with Crippen molar-refractivity contribution in [2.75, 3.05) is 0 Å². The molecule has 0 radical (unpaired) electrons. The van der Waals surface area contributed by atoms with Gasteiger partial charge in [0.05, 0.1) is 6.54 Å². The van der Waals surface area contributed by atoms with Crippen LogP contribution in [-0.2, 0) is 11.3 Å². The van der Waals surface area contributed by atoms with Crippen molar-refractivity contribution in [3.8, 4) is 0 Å². The third-order valence-corrected chi connectivity index (χ3v) is 4.07. The quantitative estimate of drug-likeness (QED) is 0.916. The number of halogens is 1. The molecular weight excluding hydrogens is 262 g/mol. The molecule has 0 saturated carbocycles. The van der Waals surface area contributed by atoms with Gasteiger partial charge in [-0.25, -0.2) is 0 Å². The third-order valence-electron chi connectivity index (χ3n) is 2.14. The maximum atomic E-state index is 11.0. The van der Waals surface area contributed by atoms with E-state index in [0.29, 0.717) is 6.42 Å². The highest BCUT2D eigenvalue weighted by atomic mass is 79.9. The Morgan fingerprint density at radius 3 is 2.93 bits per heavy atom. The van der Waals surface area contributed by atoms with E-state index in [4.69, 9.17) is 0 Å². The summed E-state index contributed by atoms with van der Waals surface area (Å²) in [5.74, 6) is 0.234. The maximum absolute atomic E-state index is 11.0. The summed E-state index contributed by atoms with van der Waals surface area (Å²) < 4.78 is 1.14. The van der Waals surface area contributed by atoms with Gasteiger partial charge in [0.15, 0.2) is 5.78 Å². The van der Waals surface area contributed by atoms with Crippen molar-refractivity contribution in [2.45, 2.75) is 19.4 Å². The van der Waals surface area contributed by atoms with Gasteiger partial charge < -0.3 is 5.32 Å². The zero-order chi connectivity index (χ0) is 9.97. The smallest absolute Gasteiger partial charge is 0.157 e. The first-order valence-corrected chi connectivity index (χ1v) is 6.12. The van der Waals surface area contributed by atoms with Crippen molar-refractivity contribution in [2.24, 2.45) is 0 Å². The monoisotopic (exact) mass is 271 g/mol. The highest BCUT2D eigenvalue weighted by Crippen LogP contribution is 2.23. The molecule has 4 heteroatoms. The zero-order valence-corrected chi connectivity index (χ0v) is 9.95. The van der Waals surface area contributed by atoms with E-state index in [2.05, 4.69) is 26.6 Å². The summed E-state index contributed by atoms with van der Waals surface area (Å²) in [6.45, 7) is 0.803. The van der Waals surface area contributed by atoms with Gasteiger partial charge in [0.2, 0.25) is 0 Å². The molecule has 74 valence electrons. The van der Waals surface area contributed by atoms with E-state index in [1.165, 1.54) is 4.88 Å². The summed E-state index contributed by atoms with van der Waals surface area (Å²) >= 11 is 5.18. The van der Waals surface area contributed by atoms with E-state index >= 15 is 0 Å². The largest absolute Gasteiger partial charge is 0.383 e. The van der Waals surface area contributed by atoms with Crippen LogP contribution < -0.4 is 5.32 Å². The molecule has 0 unspecified atom stereocenters. The van der Waals surface area contributed by atoms with E-state index in [1.54, 1.807) is 17.4 Å². The van der Waals surface area contributed by atoms with E-state index < -0.39 is 0 Å². The van der Waals surface area contributed by atoms with Crippen molar-refractivity contribution >= 4 is 33.0 Å². The molecule has 0 saturated heterocycles. The molecule has 0 spiro atoms. The highest BCUT2D eigenvalue weighted by molar-refractivity contribution is 9.10.